The van der Waals surface area contributed by atoms with E-state index in [4.69, 9.17) is 9.47 Å². The van der Waals surface area contributed by atoms with Gasteiger partial charge in [-0.3, -0.25) is 9.79 Å². The van der Waals surface area contributed by atoms with Gasteiger partial charge in [-0.1, -0.05) is 29.8 Å². The monoisotopic (exact) mass is 376 g/mol. The van der Waals surface area contributed by atoms with Gasteiger partial charge in [0.2, 0.25) is 5.91 Å². The Balaban J connectivity index is 1.82. The first kappa shape index (κ1) is 21.2. The van der Waals surface area contributed by atoms with Crippen LogP contribution >= 0.6 is 0 Å². The number of aliphatic imine (C=N–C) groups is 1. The number of methoxy groups -OCH3 is 1. The van der Waals surface area contributed by atoms with Crippen molar-refractivity contribution in [3.8, 4) is 0 Å². The van der Waals surface area contributed by atoms with Gasteiger partial charge in [0.25, 0.3) is 0 Å². The minimum Gasteiger partial charge on any atom is -0.383 e. The number of ether oxygens (including phenoxy) is 2. The molecule has 1 aliphatic rings. The quantitative estimate of drug-likeness (QED) is 0.363. The predicted octanol–water partition coefficient (Wildman–Crippen LogP) is 1.39. The molecule has 1 amide bonds. The van der Waals surface area contributed by atoms with Crippen LogP contribution in [-0.4, -0.2) is 58.9 Å². The minimum atomic E-state index is -0.0893. The predicted molar refractivity (Wildman–Crippen MR) is 107 cm³/mol. The first-order valence-electron chi connectivity index (χ1n) is 9.52. The lowest BCUT2D eigenvalue weighted by atomic mass is 9.89. The van der Waals surface area contributed by atoms with Gasteiger partial charge in [-0.15, -0.1) is 0 Å². The van der Waals surface area contributed by atoms with E-state index in [0.29, 0.717) is 25.0 Å². The highest BCUT2D eigenvalue weighted by atomic mass is 16.5. The molecule has 1 fully saturated rings. The lowest BCUT2D eigenvalue weighted by molar-refractivity contribution is -0.120. The summed E-state index contributed by atoms with van der Waals surface area (Å²) in [5.74, 6) is 0.884. The van der Waals surface area contributed by atoms with Crippen LogP contribution in [-0.2, 0) is 14.3 Å². The van der Waals surface area contributed by atoms with E-state index in [1.165, 1.54) is 11.1 Å². The number of nitrogens with one attached hydrogen (secondary N) is 3. The summed E-state index contributed by atoms with van der Waals surface area (Å²) in [7, 11) is 3.31. The molecular weight excluding hydrogens is 344 g/mol. The highest BCUT2D eigenvalue weighted by Gasteiger charge is 2.27. The molecular formula is C20H32N4O3. The van der Waals surface area contributed by atoms with Crippen LogP contribution in [0.4, 0.5) is 0 Å². The lowest BCUT2D eigenvalue weighted by Gasteiger charge is -2.32. The van der Waals surface area contributed by atoms with Gasteiger partial charge >= 0.3 is 0 Å². The Morgan fingerprint density at radius 1 is 1.26 bits per heavy atom. The fraction of sp³-hybridized carbons (Fsp3) is 0.600. The van der Waals surface area contributed by atoms with Crippen LogP contribution < -0.4 is 16.0 Å². The van der Waals surface area contributed by atoms with Crippen molar-refractivity contribution >= 4 is 11.9 Å². The van der Waals surface area contributed by atoms with E-state index in [9.17, 15) is 4.79 Å². The third-order valence-corrected chi connectivity index (χ3v) is 4.65. The van der Waals surface area contributed by atoms with Gasteiger partial charge in [0.15, 0.2) is 5.96 Å². The Hall–Kier alpha value is -2.12. The number of carbonyl (C=O) groups excluding carboxylic acids is 1. The molecule has 1 aromatic rings. The molecule has 27 heavy (non-hydrogen) atoms. The maximum atomic E-state index is 11.8. The maximum Gasteiger partial charge on any atom is 0.239 e. The summed E-state index contributed by atoms with van der Waals surface area (Å²) in [6.45, 7) is 4.80. The number of hydrogen-bond acceptors (Lipinski definition) is 4. The molecule has 2 unspecified atom stereocenters. The Morgan fingerprint density at radius 2 is 2.04 bits per heavy atom. The zero-order chi connectivity index (χ0) is 19.5. The molecule has 1 aromatic carbocycles. The molecule has 0 saturated carbocycles. The average molecular weight is 377 g/mol. The Kier molecular flexibility index (Phi) is 9.07. The van der Waals surface area contributed by atoms with Gasteiger partial charge in [0, 0.05) is 39.8 Å². The van der Waals surface area contributed by atoms with Crippen LogP contribution in [0.1, 0.15) is 30.1 Å². The van der Waals surface area contributed by atoms with E-state index in [1.807, 2.05) is 0 Å². The molecule has 2 rings (SSSR count). The van der Waals surface area contributed by atoms with E-state index in [-0.39, 0.29) is 18.6 Å². The van der Waals surface area contributed by atoms with Crippen molar-refractivity contribution in [3.63, 3.8) is 0 Å². The average Bonchev–Trinajstić information content (AvgIpc) is 2.69. The number of rotatable bonds is 8. The van der Waals surface area contributed by atoms with Crippen LogP contribution in [0.2, 0.25) is 0 Å². The van der Waals surface area contributed by atoms with Crippen molar-refractivity contribution < 1.29 is 14.3 Å². The summed E-state index contributed by atoms with van der Waals surface area (Å²) in [4.78, 5) is 16.0. The molecule has 3 N–H and O–H groups in total. The third-order valence-electron chi connectivity index (χ3n) is 4.65. The Labute approximate surface area is 161 Å². The zero-order valence-corrected chi connectivity index (χ0v) is 16.6. The summed E-state index contributed by atoms with van der Waals surface area (Å²) >= 11 is 0. The summed E-state index contributed by atoms with van der Waals surface area (Å²) in [6, 6.07) is 8.55. The molecule has 2 atom stereocenters. The molecule has 150 valence electrons. The summed E-state index contributed by atoms with van der Waals surface area (Å²) in [5, 5.41) is 9.14. The largest absolute Gasteiger partial charge is 0.383 e. The van der Waals surface area contributed by atoms with Crippen molar-refractivity contribution in [2.45, 2.75) is 25.9 Å². The molecule has 0 aromatic heterocycles. The standard InChI is InChI=1S/C20H32N4O3/c1-15-6-8-16(9-7-15)19-17(5-4-11-27-19)13-23-20(21-2)24-14-18(25)22-10-12-26-3/h6-9,17,19H,4-5,10-14H2,1-3H3,(H,22,25)(H2,21,23,24). The minimum absolute atomic E-state index is 0.0855. The van der Waals surface area contributed by atoms with Gasteiger partial charge in [-0.05, 0) is 25.3 Å². The second-order valence-electron chi connectivity index (χ2n) is 6.75. The second kappa shape index (κ2) is 11.6. The highest BCUT2D eigenvalue weighted by Crippen LogP contribution is 2.33. The fourth-order valence-electron chi connectivity index (χ4n) is 3.14. The molecule has 1 aliphatic heterocycles. The first-order chi connectivity index (χ1) is 13.1. The van der Waals surface area contributed by atoms with E-state index >= 15 is 0 Å². The van der Waals surface area contributed by atoms with Gasteiger partial charge in [0.1, 0.15) is 0 Å². The third kappa shape index (κ3) is 7.19. The van der Waals surface area contributed by atoms with E-state index in [1.54, 1.807) is 14.2 Å². The number of nitrogens with zero attached hydrogens (tertiary/aromatic N) is 1. The van der Waals surface area contributed by atoms with E-state index < -0.39 is 0 Å². The van der Waals surface area contributed by atoms with Crippen LogP contribution in [0.5, 0.6) is 0 Å². The van der Waals surface area contributed by atoms with Crippen LogP contribution in [0, 0.1) is 12.8 Å². The molecule has 0 radical (unpaired) electrons. The summed E-state index contributed by atoms with van der Waals surface area (Å²) in [6.07, 6.45) is 2.24. The van der Waals surface area contributed by atoms with Gasteiger partial charge in [-0.2, -0.15) is 0 Å². The van der Waals surface area contributed by atoms with Crippen LogP contribution in [0.3, 0.4) is 0 Å². The highest BCUT2D eigenvalue weighted by molar-refractivity contribution is 5.86. The van der Waals surface area contributed by atoms with E-state index in [2.05, 4.69) is 52.1 Å². The maximum absolute atomic E-state index is 11.8. The van der Waals surface area contributed by atoms with Crippen LogP contribution in [0.15, 0.2) is 29.3 Å². The molecule has 1 heterocycles. The molecule has 7 heteroatoms. The van der Waals surface area contributed by atoms with Crippen molar-refractivity contribution in [2.75, 3.05) is 47.0 Å². The number of benzene rings is 1. The molecule has 0 spiro atoms. The van der Waals surface area contributed by atoms with Crippen molar-refractivity contribution in [3.05, 3.63) is 35.4 Å². The normalized spacial score (nSPS) is 20.2. The summed E-state index contributed by atoms with van der Waals surface area (Å²) < 4.78 is 11.0. The summed E-state index contributed by atoms with van der Waals surface area (Å²) in [5.41, 5.74) is 2.46. The molecule has 1 saturated heterocycles. The number of amides is 1. The fourth-order valence-corrected chi connectivity index (χ4v) is 3.14. The number of guanidine groups is 1. The van der Waals surface area contributed by atoms with Crippen LogP contribution in [0.25, 0.3) is 0 Å². The molecule has 7 nitrogen and oxygen atoms in total. The van der Waals surface area contributed by atoms with Gasteiger partial charge < -0.3 is 25.4 Å². The lowest BCUT2D eigenvalue weighted by Crippen LogP contribution is -2.45. The van der Waals surface area contributed by atoms with Gasteiger partial charge in [-0.25, -0.2) is 0 Å². The Morgan fingerprint density at radius 3 is 2.74 bits per heavy atom. The Bertz CT molecular complexity index is 604. The number of hydrogen-bond donors (Lipinski definition) is 3. The molecule has 0 bridgehead atoms. The first-order valence-corrected chi connectivity index (χ1v) is 9.52. The van der Waals surface area contributed by atoms with Crippen molar-refractivity contribution in [1.29, 1.82) is 0 Å². The van der Waals surface area contributed by atoms with Gasteiger partial charge in [0.05, 0.1) is 19.3 Å². The smallest absolute Gasteiger partial charge is 0.239 e. The number of carbonyl (C=O) groups is 1. The second-order valence-corrected chi connectivity index (χ2v) is 6.75. The number of aryl methyl sites for hydroxylation is 1. The topological polar surface area (TPSA) is 84.0 Å². The zero-order valence-electron chi connectivity index (χ0n) is 16.6. The van der Waals surface area contributed by atoms with Crippen molar-refractivity contribution in [1.82, 2.24) is 16.0 Å². The van der Waals surface area contributed by atoms with E-state index in [0.717, 1.165) is 26.0 Å². The molecule has 0 aliphatic carbocycles. The van der Waals surface area contributed by atoms with Crippen molar-refractivity contribution in [2.24, 2.45) is 10.9 Å². The SMILES string of the molecule is CN=C(NCC(=O)NCCOC)NCC1CCCOC1c1ccc(C)cc1.